The molecule has 0 rings (SSSR count). The largest absolute Gasteiger partial charge is 0.465 e. The van der Waals surface area contributed by atoms with Gasteiger partial charge >= 0.3 is 6.09 Å². The normalized spacial score (nSPS) is 11.9. The minimum absolute atomic E-state index is 0.145. The molecule has 84 valence electrons. The summed E-state index contributed by atoms with van der Waals surface area (Å²) in [6, 6.07) is 0. The first kappa shape index (κ1) is 13.2. The molecule has 0 aliphatic carbocycles. The van der Waals surface area contributed by atoms with E-state index in [0.29, 0.717) is 0 Å². The van der Waals surface area contributed by atoms with Crippen LogP contribution in [-0.4, -0.2) is 51.6 Å². The summed E-state index contributed by atoms with van der Waals surface area (Å²) in [6.45, 7) is 5.03. The van der Waals surface area contributed by atoms with Crippen molar-refractivity contribution < 1.29 is 20.1 Å². The summed E-state index contributed by atoms with van der Waals surface area (Å²) in [5, 5.41) is 26.6. The van der Waals surface area contributed by atoms with Crippen LogP contribution in [0, 0.1) is 5.92 Å². The Balaban J connectivity index is 4.45. The molecule has 0 fully saturated rings. The number of nitrogens with zero attached hydrogens (tertiary/aromatic N) is 1. The van der Waals surface area contributed by atoms with Gasteiger partial charge in [-0.25, -0.2) is 4.79 Å². The van der Waals surface area contributed by atoms with Gasteiger partial charge in [-0.2, -0.15) is 0 Å². The molecule has 0 spiro atoms. The molecule has 0 aliphatic heterocycles. The maximum absolute atomic E-state index is 10.9. The van der Waals surface area contributed by atoms with E-state index in [9.17, 15) is 4.79 Å². The molecule has 0 unspecified atom stereocenters. The van der Waals surface area contributed by atoms with E-state index in [1.54, 1.807) is 20.8 Å². The molecule has 0 aromatic rings. The predicted molar refractivity (Wildman–Crippen MR) is 52.1 cm³/mol. The third-order valence-corrected chi connectivity index (χ3v) is 2.00. The first-order chi connectivity index (χ1) is 6.32. The molecular formula is C9H19NO4. The third-order valence-electron chi connectivity index (χ3n) is 2.00. The maximum atomic E-state index is 10.9. The van der Waals surface area contributed by atoms with Gasteiger partial charge < -0.3 is 20.2 Å². The SMILES string of the molecule is CC(C)(C)N(CC(CO)CO)C(=O)O. The van der Waals surface area contributed by atoms with Crippen molar-refractivity contribution in [2.45, 2.75) is 26.3 Å². The van der Waals surface area contributed by atoms with E-state index in [4.69, 9.17) is 15.3 Å². The summed E-state index contributed by atoms with van der Waals surface area (Å²) in [5.74, 6) is -0.412. The molecule has 0 heterocycles. The highest BCUT2D eigenvalue weighted by Gasteiger charge is 2.28. The summed E-state index contributed by atoms with van der Waals surface area (Å²) in [6.07, 6.45) is -1.04. The monoisotopic (exact) mass is 205 g/mol. The van der Waals surface area contributed by atoms with Gasteiger partial charge in [0.25, 0.3) is 0 Å². The number of carboxylic acid groups (broad SMARTS) is 1. The molecular weight excluding hydrogens is 186 g/mol. The predicted octanol–water partition coefficient (Wildman–Crippen LogP) is 0.366. The lowest BCUT2D eigenvalue weighted by Gasteiger charge is -2.35. The summed E-state index contributed by atoms with van der Waals surface area (Å²) < 4.78 is 0. The first-order valence-electron chi connectivity index (χ1n) is 4.55. The fourth-order valence-electron chi connectivity index (χ4n) is 1.07. The van der Waals surface area contributed by atoms with E-state index in [-0.39, 0.29) is 19.8 Å². The highest BCUT2D eigenvalue weighted by Crippen LogP contribution is 2.15. The van der Waals surface area contributed by atoms with Gasteiger partial charge in [-0.05, 0) is 20.8 Å². The Morgan fingerprint density at radius 1 is 1.29 bits per heavy atom. The Hall–Kier alpha value is -0.810. The molecule has 0 saturated heterocycles. The van der Waals surface area contributed by atoms with Crippen LogP contribution in [0.4, 0.5) is 4.79 Å². The zero-order valence-corrected chi connectivity index (χ0v) is 8.90. The first-order valence-corrected chi connectivity index (χ1v) is 4.55. The Bertz CT molecular complexity index is 184. The number of amides is 1. The lowest BCUT2D eigenvalue weighted by molar-refractivity contribution is 0.0611. The zero-order valence-electron chi connectivity index (χ0n) is 8.90. The molecule has 3 N–H and O–H groups in total. The van der Waals surface area contributed by atoms with E-state index in [1.165, 1.54) is 4.90 Å². The van der Waals surface area contributed by atoms with E-state index >= 15 is 0 Å². The molecule has 14 heavy (non-hydrogen) atoms. The average molecular weight is 205 g/mol. The van der Waals surface area contributed by atoms with Gasteiger partial charge in [0.1, 0.15) is 0 Å². The van der Waals surface area contributed by atoms with Crippen molar-refractivity contribution in [3.05, 3.63) is 0 Å². The lowest BCUT2D eigenvalue weighted by Crippen LogP contribution is -2.48. The number of aliphatic hydroxyl groups is 2. The minimum Gasteiger partial charge on any atom is -0.465 e. The van der Waals surface area contributed by atoms with Crippen LogP contribution < -0.4 is 0 Å². The number of rotatable bonds is 4. The molecule has 5 heteroatoms. The van der Waals surface area contributed by atoms with Crippen molar-refractivity contribution in [2.75, 3.05) is 19.8 Å². The lowest BCUT2D eigenvalue weighted by atomic mass is 10.0. The van der Waals surface area contributed by atoms with Crippen molar-refractivity contribution in [1.29, 1.82) is 0 Å². The van der Waals surface area contributed by atoms with Crippen LogP contribution in [-0.2, 0) is 0 Å². The van der Waals surface area contributed by atoms with Crippen LogP contribution in [0.5, 0.6) is 0 Å². The molecule has 1 amide bonds. The molecule has 0 aromatic carbocycles. The van der Waals surface area contributed by atoms with E-state index in [0.717, 1.165) is 0 Å². The molecule has 5 nitrogen and oxygen atoms in total. The molecule has 0 atom stereocenters. The van der Waals surface area contributed by atoms with E-state index in [1.807, 2.05) is 0 Å². The number of carbonyl (C=O) groups is 1. The quantitative estimate of drug-likeness (QED) is 0.619. The fraction of sp³-hybridized carbons (Fsp3) is 0.889. The van der Waals surface area contributed by atoms with Crippen molar-refractivity contribution in [3.63, 3.8) is 0 Å². The van der Waals surface area contributed by atoms with Crippen LogP contribution in [0.3, 0.4) is 0 Å². The summed E-state index contributed by atoms with van der Waals surface area (Å²) >= 11 is 0. The number of hydrogen-bond donors (Lipinski definition) is 3. The third kappa shape index (κ3) is 3.93. The molecule has 0 radical (unpaired) electrons. The van der Waals surface area contributed by atoms with Crippen LogP contribution in [0.25, 0.3) is 0 Å². The molecule has 0 saturated carbocycles. The van der Waals surface area contributed by atoms with E-state index in [2.05, 4.69) is 0 Å². The zero-order chi connectivity index (χ0) is 11.4. The average Bonchev–Trinajstić information content (AvgIpc) is 2.03. The van der Waals surface area contributed by atoms with Gasteiger partial charge in [-0.1, -0.05) is 0 Å². The molecule has 0 bridgehead atoms. The smallest absolute Gasteiger partial charge is 0.407 e. The van der Waals surface area contributed by atoms with Crippen LogP contribution in [0.15, 0.2) is 0 Å². The number of hydrogen-bond acceptors (Lipinski definition) is 3. The summed E-state index contributed by atoms with van der Waals surface area (Å²) in [4.78, 5) is 12.1. The van der Waals surface area contributed by atoms with E-state index < -0.39 is 17.6 Å². The van der Waals surface area contributed by atoms with Crippen LogP contribution >= 0.6 is 0 Å². The van der Waals surface area contributed by atoms with Crippen molar-refractivity contribution in [2.24, 2.45) is 5.92 Å². The van der Waals surface area contributed by atoms with Gasteiger partial charge in [0.2, 0.25) is 0 Å². The molecule has 0 aromatic heterocycles. The Kier molecular flexibility index (Phi) is 4.87. The van der Waals surface area contributed by atoms with Gasteiger partial charge in [0.05, 0.1) is 0 Å². The number of aliphatic hydroxyl groups excluding tert-OH is 2. The van der Waals surface area contributed by atoms with Gasteiger partial charge in [-0.3, -0.25) is 0 Å². The standard InChI is InChI=1S/C9H19NO4/c1-9(2,3)10(8(13)14)4-7(5-11)6-12/h7,11-12H,4-6H2,1-3H3,(H,13,14). The Labute approximate surface area is 84.0 Å². The van der Waals surface area contributed by atoms with Crippen molar-refractivity contribution in [1.82, 2.24) is 4.90 Å². The van der Waals surface area contributed by atoms with Crippen molar-refractivity contribution in [3.8, 4) is 0 Å². The van der Waals surface area contributed by atoms with Crippen LogP contribution in [0.1, 0.15) is 20.8 Å². The second-order valence-corrected chi connectivity index (χ2v) is 4.30. The van der Waals surface area contributed by atoms with Gasteiger partial charge in [-0.15, -0.1) is 0 Å². The minimum atomic E-state index is -1.04. The Morgan fingerprint density at radius 3 is 1.93 bits per heavy atom. The second kappa shape index (κ2) is 5.17. The Morgan fingerprint density at radius 2 is 1.71 bits per heavy atom. The van der Waals surface area contributed by atoms with Crippen molar-refractivity contribution >= 4 is 6.09 Å². The summed E-state index contributed by atoms with van der Waals surface area (Å²) in [7, 11) is 0. The van der Waals surface area contributed by atoms with Crippen LogP contribution in [0.2, 0.25) is 0 Å². The highest BCUT2D eigenvalue weighted by molar-refractivity contribution is 5.65. The second-order valence-electron chi connectivity index (χ2n) is 4.30. The fourth-order valence-corrected chi connectivity index (χ4v) is 1.07. The topological polar surface area (TPSA) is 81.0 Å². The maximum Gasteiger partial charge on any atom is 0.407 e. The molecule has 0 aliphatic rings. The van der Waals surface area contributed by atoms with Gasteiger partial charge in [0.15, 0.2) is 0 Å². The summed E-state index contributed by atoms with van der Waals surface area (Å²) in [5.41, 5.74) is -0.519. The van der Waals surface area contributed by atoms with Gasteiger partial charge in [0, 0.05) is 31.2 Å². The highest BCUT2D eigenvalue weighted by atomic mass is 16.4.